The maximum Gasteiger partial charge on any atom is 0.274 e. The Morgan fingerprint density at radius 3 is 2.54 bits per heavy atom. The summed E-state index contributed by atoms with van der Waals surface area (Å²) in [5.74, 6) is -0.413. The van der Waals surface area contributed by atoms with Crippen LogP contribution in [0.2, 0.25) is 10.0 Å². The van der Waals surface area contributed by atoms with E-state index < -0.39 is 11.4 Å². The number of aryl methyl sites for hydroxylation is 1. The van der Waals surface area contributed by atoms with Crippen LogP contribution in [0.15, 0.2) is 36.5 Å². The minimum atomic E-state index is -0.533. The summed E-state index contributed by atoms with van der Waals surface area (Å²) in [6.07, 6.45) is 1.39. The van der Waals surface area contributed by atoms with Crippen molar-refractivity contribution in [3.63, 3.8) is 0 Å². The number of hydrogen-bond donors (Lipinski definition) is 2. The summed E-state index contributed by atoms with van der Waals surface area (Å²) >= 11 is 12.6. The van der Waals surface area contributed by atoms with E-state index in [1.54, 1.807) is 31.3 Å². The van der Waals surface area contributed by atoms with Gasteiger partial charge in [-0.15, -0.1) is 5.10 Å². The molecule has 184 valence electrons. The third-order valence-electron chi connectivity index (χ3n) is 5.03. The molecule has 1 aliphatic heterocycles. The van der Waals surface area contributed by atoms with Gasteiger partial charge in [0.2, 0.25) is 5.88 Å². The van der Waals surface area contributed by atoms with Crippen molar-refractivity contribution in [1.82, 2.24) is 20.1 Å². The number of nitrogens with one attached hydrogen (secondary N) is 2. The van der Waals surface area contributed by atoms with E-state index in [4.69, 9.17) is 32.7 Å². The summed E-state index contributed by atoms with van der Waals surface area (Å²) in [5.41, 5.74) is 0.826. The van der Waals surface area contributed by atoms with Crippen LogP contribution in [0.1, 0.15) is 47.2 Å². The number of benzene rings is 1. The number of amides is 2. The van der Waals surface area contributed by atoms with Gasteiger partial charge in [-0.3, -0.25) is 9.59 Å². The average Bonchev–Trinajstić information content (AvgIpc) is 3.15. The molecule has 9 nitrogen and oxygen atoms in total. The lowest BCUT2D eigenvalue weighted by atomic mass is 10.0. The van der Waals surface area contributed by atoms with Crippen molar-refractivity contribution in [2.24, 2.45) is 0 Å². The Kier molecular flexibility index (Phi) is 7.02. The van der Waals surface area contributed by atoms with Gasteiger partial charge < -0.3 is 20.1 Å². The lowest BCUT2D eigenvalue weighted by Gasteiger charge is -2.25. The highest BCUT2D eigenvalue weighted by Gasteiger charge is 2.27. The molecule has 2 amide bonds. The standard InChI is InChI=1S/C24H25Cl2N5O4/c1-13-8-14(25)9-16(22(32)29-24(2,3)4)20(13)28-23(33)18-10-19(35-15-11-34-12-15)30-31(18)21-17(26)6-5-7-27-21/h5-10,15H,11-12H2,1-4H3,(H,28,33)(H,29,32). The van der Waals surface area contributed by atoms with E-state index >= 15 is 0 Å². The van der Waals surface area contributed by atoms with Crippen LogP contribution in [0.25, 0.3) is 5.82 Å². The van der Waals surface area contributed by atoms with Crippen LogP contribution in [0, 0.1) is 6.92 Å². The molecule has 0 atom stereocenters. The molecule has 0 aliphatic carbocycles. The number of pyridine rings is 1. The van der Waals surface area contributed by atoms with E-state index in [2.05, 4.69) is 20.7 Å². The highest BCUT2D eigenvalue weighted by molar-refractivity contribution is 6.32. The second-order valence-corrected chi connectivity index (χ2v) is 10.0. The van der Waals surface area contributed by atoms with E-state index in [1.165, 1.54) is 16.8 Å². The Morgan fingerprint density at radius 2 is 1.91 bits per heavy atom. The van der Waals surface area contributed by atoms with Gasteiger partial charge in [0.15, 0.2) is 5.82 Å². The number of anilines is 1. The molecule has 4 rings (SSSR count). The van der Waals surface area contributed by atoms with Crippen LogP contribution in [0.3, 0.4) is 0 Å². The van der Waals surface area contributed by atoms with Crippen molar-refractivity contribution >= 4 is 40.7 Å². The zero-order valence-corrected chi connectivity index (χ0v) is 21.2. The van der Waals surface area contributed by atoms with Gasteiger partial charge in [0.25, 0.3) is 11.8 Å². The normalized spacial score (nSPS) is 13.8. The second kappa shape index (κ2) is 9.85. The second-order valence-electron chi connectivity index (χ2n) is 9.17. The van der Waals surface area contributed by atoms with Gasteiger partial charge in [0.1, 0.15) is 11.8 Å². The summed E-state index contributed by atoms with van der Waals surface area (Å²) in [7, 11) is 0. The molecule has 0 saturated carbocycles. The van der Waals surface area contributed by atoms with E-state index in [0.29, 0.717) is 34.5 Å². The van der Waals surface area contributed by atoms with E-state index in [-0.39, 0.29) is 35.0 Å². The Hall–Kier alpha value is -3.14. The number of rotatable bonds is 6. The van der Waals surface area contributed by atoms with Crippen LogP contribution >= 0.6 is 23.2 Å². The molecule has 3 aromatic rings. The molecule has 2 aromatic heterocycles. The fourth-order valence-electron chi connectivity index (χ4n) is 3.40. The van der Waals surface area contributed by atoms with Crippen LogP contribution < -0.4 is 15.4 Å². The molecule has 1 aromatic carbocycles. The van der Waals surface area contributed by atoms with Crippen LogP contribution in [0.4, 0.5) is 5.69 Å². The van der Waals surface area contributed by atoms with Gasteiger partial charge in [0.05, 0.1) is 29.5 Å². The van der Waals surface area contributed by atoms with Gasteiger partial charge in [-0.1, -0.05) is 23.2 Å². The molecular weight excluding hydrogens is 493 g/mol. The van der Waals surface area contributed by atoms with Gasteiger partial charge in [-0.2, -0.15) is 0 Å². The van der Waals surface area contributed by atoms with E-state index in [1.807, 2.05) is 20.8 Å². The SMILES string of the molecule is Cc1cc(Cl)cc(C(=O)NC(C)(C)C)c1NC(=O)c1cc(OC2COC2)nn1-c1ncccc1Cl. The summed E-state index contributed by atoms with van der Waals surface area (Å²) in [6, 6.07) is 8.01. The van der Waals surface area contributed by atoms with Gasteiger partial charge in [0, 0.05) is 22.8 Å². The Morgan fingerprint density at radius 1 is 1.17 bits per heavy atom. The first kappa shape index (κ1) is 25.0. The molecule has 0 unspecified atom stereocenters. The van der Waals surface area contributed by atoms with Crippen molar-refractivity contribution in [2.75, 3.05) is 18.5 Å². The monoisotopic (exact) mass is 517 g/mol. The number of carbonyl (C=O) groups is 2. The minimum absolute atomic E-state index is 0.123. The van der Waals surface area contributed by atoms with Crippen molar-refractivity contribution < 1.29 is 19.1 Å². The molecule has 1 aliphatic rings. The predicted molar refractivity (Wildman–Crippen MR) is 133 cm³/mol. The highest BCUT2D eigenvalue weighted by Crippen LogP contribution is 2.29. The van der Waals surface area contributed by atoms with Crippen LogP contribution in [0.5, 0.6) is 5.88 Å². The number of nitrogens with zero attached hydrogens (tertiary/aromatic N) is 3. The lowest BCUT2D eigenvalue weighted by Crippen LogP contribution is -2.41. The molecular formula is C24H25Cl2N5O4. The van der Waals surface area contributed by atoms with Gasteiger partial charge in [-0.05, 0) is 57.5 Å². The maximum atomic E-state index is 13.5. The molecule has 0 radical (unpaired) electrons. The molecule has 0 spiro atoms. The van der Waals surface area contributed by atoms with Gasteiger partial charge in [-0.25, -0.2) is 9.67 Å². The molecule has 0 bridgehead atoms. The molecule has 35 heavy (non-hydrogen) atoms. The van der Waals surface area contributed by atoms with E-state index in [9.17, 15) is 9.59 Å². The molecule has 11 heteroatoms. The Balaban J connectivity index is 1.72. The summed E-state index contributed by atoms with van der Waals surface area (Å²) in [4.78, 5) is 30.8. The number of hydrogen-bond acceptors (Lipinski definition) is 6. The summed E-state index contributed by atoms with van der Waals surface area (Å²) < 4.78 is 12.3. The first-order valence-electron chi connectivity index (χ1n) is 10.9. The third-order valence-corrected chi connectivity index (χ3v) is 5.54. The van der Waals surface area contributed by atoms with Gasteiger partial charge >= 0.3 is 0 Å². The van der Waals surface area contributed by atoms with E-state index in [0.717, 1.165) is 0 Å². The van der Waals surface area contributed by atoms with Crippen molar-refractivity contribution in [2.45, 2.75) is 39.3 Å². The van der Waals surface area contributed by atoms with Crippen LogP contribution in [-0.4, -0.2) is 51.4 Å². The maximum absolute atomic E-state index is 13.5. The third kappa shape index (κ3) is 5.75. The van der Waals surface area contributed by atoms with Crippen molar-refractivity contribution in [1.29, 1.82) is 0 Å². The first-order valence-corrected chi connectivity index (χ1v) is 11.7. The van der Waals surface area contributed by atoms with Crippen molar-refractivity contribution in [3.05, 3.63) is 63.4 Å². The van der Waals surface area contributed by atoms with Crippen LogP contribution in [-0.2, 0) is 4.74 Å². The zero-order valence-electron chi connectivity index (χ0n) is 19.7. The molecule has 3 heterocycles. The molecule has 1 fully saturated rings. The summed E-state index contributed by atoms with van der Waals surface area (Å²) in [6.45, 7) is 8.23. The Bertz CT molecular complexity index is 1280. The van der Waals surface area contributed by atoms with Crippen molar-refractivity contribution in [3.8, 4) is 11.7 Å². The number of carbonyl (C=O) groups excluding carboxylic acids is 2. The zero-order chi connectivity index (χ0) is 25.3. The lowest BCUT2D eigenvalue weighted by molar-refractivity contribution is -0.0814. The largest absolute Gasteiger partial charge is 0.468 e. The number of halogens is 2. The Labute approximate surface area is 212 Å². The fourth-order valence-corrected chi connectivity index (χ4v) is 3.87. The molecule has 1 saturated heterocycles. The highest BCUT2D eigenvalue weighted by atomic mass is 35.5. The quantitative estimate of drug-likeness (QED) is 0.500. The number of aromatic nitrogens is 3. The predicted octanol–water partition coefficient (Wildman–Crippen LogP) is 4.44. The first-order chi connectivity index (χ1) is 16.5. The number of ether oxygens (including phenoxy) is 2. The smallest absolute Gasteiger partial charge is 0.274 e. The fraction of sp³-hybridized carbons (Fsp3) is 0.333. The summed E-state index contributed by atoms with van der Waals surface area (Å²) in [5, 5.41) is 10.8. The molecule has 2 N–H and O–H groups in total. The topological polar surface area (TPSA) is 107 Å². The minimum Gasteiger partial charge on any atom is -0.468 e. The average molecular weight is 518 g/mol.